The third kappa shape index (κ3) is 4.49. The predicted octanol–water partition coefficient (Wildman–Crippen LogP) is 5.48. The lowest BCUT2D eigenvalue weighted by molar-refractivity contribution is 0.0957. The maximum atomic E-state index is 13.0. The fourth-order valence-electron chi connectivity index (χ4n) is 3.43. The van der Waals surface area contributed by atoms with E-state index < -0.39 is 0 Å². The second-order valence-electron chi connectivity index (χ2n) is 7.24. The Bertz CT molecular complexity index is 1130. The number of nitrogens with one attached hydrogen (secondary N) is 1. The molecule has 0 fully saturated rings. The molecule has 0 saturated carbocycles. The molecule has 1 amide bonds. The van der Waals surface area contributed by atoms with Gasteiger partial charge in [-0.05, 0) is 60.0 Å². The third-order valence-electron chi connectivity index (χ3n) is 5.04. The number of phenolic OH excluding ortho intramolecular Hbond substituents is 1. The van der Waals surface area contributed by atoms with Crippen LogP contribution in [0.5, 0.6) is 5.75 Å². The number of benzene rings is 3. The van der Waals surface area contributed by atoms with Crippen LogP contribution in [0.15, 0.2) is 72.8 Å². The summed E-state index contributed by atoms with van der Waals surface area (Å²) in [4.78, 5) is 13.8. The van der Waals surface area contributed by atoms with Crippen molar-refractivity contribution < 1.29 is 9.90 Å². The van der Waals surface area contributed by atoms with Crippen molar-refractivity contribution in [3.63, 3.8) is 0 Å². The molecule has 0 spiro atoms. The van der Waals surface area contributed by atoms with Gasteiger partial charge >= 0.3 is 0 Å². The lowest BCUT2D eigenvalue weighted by atomic mass is 10.0. The number of aromatic hydroxyl groups is 1. The second-order valence-corrected chi connectivity index (χ2v) is 8.29. The summed E-state index contributed by atoms with van der Waals surface area (Å²) >= 11 is 1.56. The number of aryl methyl sites for hydroxylation is 1. The first-order valence-corrected chi connectivity index (χ1v) is 10.5. The molecule has 0 saturated heterocycles. The van der Waals surface area contributed by atoms with E-state index in [0.717, 1.165) is 38.9 Å². The van der Waals surface area contributed by atoms with Crippen LogP contribution in [-0.2, 0) is 12.8 Å². The van der Waals surface area contributed by atoms with E-state index >= 15 is 0 Å². The Morgan fingerprint density at radius 3 is 2.38 bits per heavy atom. The maximum Gasteiger partial charge on any atom is 0.261 e. The number of hydrogen-bond acceptors (Lipinski definition) is 3. The standard InChI is InChI=1S/C25H23NO2S/c1-17-6-8-19(9-7-17)16-22-21-4-2-3-5-23(21)29-24(22)25(28)26-15-14-18-10-12-20(27)13-11-18/h2-13,27H,14-16H2,1H3,(H,26,28). The quantitative estimate of drug-likeness (QED) is 0.449. The summed E-state index contributed by atoms with van der Waals surface area (Å²) in [5.41, 5.74) is 4.62. The second kappa shape index (κ2) is 8.50. The van der Waals surface area contributed by atoms with E-state index in [1.54, 1.807) is 23.5 Å². The summed E-state index contributed by atoms with van der Waals surface area (Å²) in [5.74, 6) is 0.232. The Kier molecular flexibility index (Phi) is 5.63. The van der Waals surface area contributed by atoms with Crippen LogP contribution in [0, 0.1) is 6.92 Å². The molecular weight excluding hydrogens is 378 g/mol. The third-order valence-corrected chi connectivity index (χ3v) is 6.25. The van der Waals surface area contributed by atoms with E-state index in [1.165, 1.54) is 11.1 Å². The highest BCUT2D eigenvalue weighted by Gasteiger charge is 2.18. The van der Waals surface area contributed by atoms with E-state index in [1.807, 2.05) is 24.3 Å². The van der Waals surface area contributed by atoms with Gasteiger partial charge in [0.25, 0.3) is 5.91 Å². The van der Waals surface area contributed by atoms with Crippen molar-refractivity contribution in [2.75, 3.05) is 6.54 Å². The first-order chi connectivity index (χ1) is 14.1. The van der Waals surface area contributed by atoms with Gasteiger partial charge in [-0.2, -0.15) is 0 Å². The Hall–Kier alpha value is -3.11. The van der Waals surface area contributed by atoms with Crippen LogP contribution in [0.2, 0.25) is 0 Å². The number of carbonyl (C=O) groups is 1. The van der Waals surface area contributed by atoms with E-state index in [0.29, 0.717) is 6.54 Å². The molecule has 1 aromatic heterocycles. The molecule has 3 aromatic carbocycles. The molecule has 0 atom stereocenters. The summed E-state index contributed by atoms with van der Waals surface area (Å²) in [6.45, 7) is 2.64. The van der Waals surface area contributed by atoms with Gasteiger partial charge < -0.3 is 10.4 Å². The molecule has 146 valence electrons. The predicted molar refractivity (Wildman–Crippen MR) is 120 cm³/mol. The number of rotatable bonds is 6. The average Bonchev–Trinajstić information content (AvgIpc) is 3.10. The van der Waals surface area contributed by atoms with Crippen molar-refractivity contribution in [1.82, 2.24) is 5.32 Å². The van der Waals surface area contributed by atoms with Gasteiger partial charge in [0.05, 0.1) is 4.88 Å². The van der Waals surface area contributed by atoms with Crippen LogP contribution in [0.3, 0.4) is 0 Å². The van der Waals surface area contributed by atoms with Crippen molar-refractivity contribution in [1.29, 1.82) is 0 Å². The van der Waals surface area contributed by atoms with Gasteiger partial charge in [0.2, 0.25) is 0 Å². The van der Waals surface area contributed by atoms with Crippen molar-refractivity contribution in [2.45, 2.75) is 19.8 Å². The fourth-order valence-corrected chi connectivity index (χ4v) is 4.57. The van der Waals surface area contributed by atoms with Gasteiger partial charge in [0.1, 0.15) is 5.75 Å². The highest BCUT2D eigenvalue weighted by Crippen LogP contribution is 2.33. The monoisotopic (exact) mass is 401 g/mol. The summed E-state index contributed by atoms with van der Waals surface area (Å²) in [5, 5.41) is 13.6. The zero-order valence-electron chi connectivity index (χ0n) is 16.3. The number of hydrogen-bond donors (Lipinski definition) is 2. The molecule has 4 aromatic rings. The lowest BCUT2D eigenvalue weighted by Gasteiger charge is -2.08. The number of carbonyl (C=O) groups excluding carboxylic acids is 1. The molecule has 0 radical (unpaired) electrons. The van der Waals surface area contributed by atoms with Gasteiger partial charge in [0, 0.05) is 11.2 Å². The molecule has 0 aliphatic rings. The SMILES string of the molecule is Cc1ccc(Cc2c(C(=O)NCCc3ccc(O)cc3)sc3ccccc23)cc1. The Morgan fingerprint density at radius 1 is 0.931 bits per heavy atom. The van der Waals surface area contributed by atoms with Crippen LogP contribution >= 0.6 is 11.3 Å². The molecule has 0 aliphatic heterocycles. The number of phenols is 1. The van der Waals surface area contributed by atoms with Crippen molar-refractivity contribution in [3.05, 3.63) is 99.9 Å². The van der Waals surface area contributed by atoms with Crippen molar-refractivity contribution in [2.24, 2.45) is 0 Å². The minimum Gasteiger partial charge on any atom is -0.508 e. The minimum absolute atomic E-state index is 0.0212. The Morgan fingerprint density at radius 2 is 1.62 bits per heavy atom. The van der Waals surface area contributed by atoms with E-state index in [2.05, 4.69) is 48.6 Å². The molecule has 0 unspecified atom stereocenters. The van der Waals surface area contributed by atoms with Crippen LogP contribution < -0.4 is 5.32 Å². The highest BCUT2D eigenvalue weighted by atomic mass is 32.1. The molecule has 29 heavy (non-hydrogen) atoms. The summed E-state index contributed by atoms with van der Waals surface area (Å²) in [6, 6.07) is 23.8. The van der Waals surface area contributed by atoms with E-state index in [-0.39, 0.29) is 11.7 Å². The van der Waals surface area contributed by atoms with E-state index in [4.69, 9.17) is 0 Å². The van der Waals surface area contributed by atoms with Crippen molar-refractivity contribution >= 4 is 27.3 Å². The number of amides is 1. The minimum atomic E-state index is -0.0212. The largest absolute Gasteiger partial charge is 0.508 e. The Balaban J connectivity index is 1.54. The van der Waals surface area contributed by atoms with Gasteiger partial charge in [-0.3, -0.25) is 4.79 Å². The molecule has 3 nitrogen and oxygen atoms in total. The average molecular weight is 402 g/mol. The van der Waals surface area contributed by atoms with Gasteiger partial charge in [0.15, 0.2) is 0 Å². The molecule has 0 bridgehead atoms. The van der Waals surface area contributed by atoms with Gasteiger partial charge in [-0.25, -0.2) is 0 Å². The van der Waals surface area contributed by atoms with E-state index in [9.17, 15) is 9.90 Å². The summed E-state index contributed by atoms with van der Waals surface area (Å²) in [7, 11) is 0. The molecular formula is C25H23NO2S. The van der Waals surface area contributed by atoms with Crippen molar-refractivity contribution in [3.8, 4) is 5.75 Å². The molecule has 4 heteroatoms. The molecule has 2 N–H and O–H groups in total. The maximum absolute atomic E-state index is 13.0. The Labute approximate surface area is 174 Å². The topological polar surface area (TPSA) is 49.3 Å². The number of thiophene rings is 1. The molecule has 0 aliphatic carbocycles. The smallest absolute Gasteiger partial charge is 0.261 e. The lowest BCUT2D eigenvalue weighted by Crippen LogP contribution is -2.25. The first-order valence-electron chi connectivity index (χ1n) is 9.72. The first kappa shape index (κ1) is 19.2. The highest BCUT2D eigenvalue weighted by molar-refractivity contribution is 7.21. The summed E-state index contributed by atoms with van der Waals surface area (Å²) in [6.07, 6.45) is 1.47. The summed E-state index contributed by atoms with van der Waals surface area (Å²) < 4.78 is 1.14. The van der Waals surface area contributed by atoms with Gasteiger partial charge in [-0.1, -0.05) is 60.2 Å². The zero-order valence-corrected chi connectivity index (χ0v) is 17.1. The van der Waals surface area contributed by atoms with Crippen LogP contribution in [0.4, 0.5) is 0 Å². The van der Waals surface area contributed by atoms with Crippen LogP contribution in [-0.4, -0.2) is 17.6 Å². The fraction of sp³-hybridized carbons (Fsp3) is 0.160. The molecule has 1 heterocycles. The number of fused-ring (bicyclic) bond motifs is 1. The van der Waals surface area contributed by atoms with Gasteiger partial charge in [-0.15, -0.1) is 11.3 Å². The normalized spacial score (nSPS) is 10.9. The van der Waals surface area contributed by atoms with Crippen LogP contribution in [0.1, 0.15) is 31.9 Å². The zero-order chi connectivity index (χ0) is 20.2. The molecule has 4 rings (SSSR count). The van der Waals surface area contributed by atoms with Crippen LogP contribution in [0.25, 0.3) is 10.1 Å².